The van der Waals surface area contributed by atoms with Gasteiger partial charge in [0.25, 0.3) is 0 Å². The molecule has 1 heterocycles. The zero-order chi connectivity index (χ0) is 12.7. The maximum Gasteiger partial charge on any atom is 0.337 e. The third-order valence-corrected chi connectivity index (χ3v) is 2.11. The molecule has 0 aliphatic carbocycles. The standard InChI is InChI=1S/C12H18N2O3/c1-9(2)17-6-5-13-8-11-4-3-10(7-14-11)12(15)16/h3-4,7,9,13H,5-6,8H2,1-2H3,(H,15,16). The molecule has 1 aromatic rings. The molecule has 0 radical (unpaired) electrons. The lowest BCUT2D eigenvalue weighted by atomic mass is 10.2. The van der Waals surface area contributed by atoms with Crippen molar-refractivity contribution < 1.29 is 14.6 Å². The highest BCUT2D eigenvalue weighted by atomic mass is 16.5. The van der Waals surface area contributed by atoms with E-state index in [2.05, 4.69) is 10.3 Å². The molecule has 0 aliphatic rings. The number of rotatable bonds is 7. The van der Waals surface area contributed by atoms with Gasteiger partial charge in [0.2, 0.25) is 0 Å². The first kappa shape index (κ1) is 13.6. The molecule has 0 amide bonds. The average molecular weight is 238 g/mol. The molecule has 0 bridgehead atoms. The number of nitrogens with one attached hydrogen (secondary N) is 1. The zero-order valence-corrected chi connectivity index (χ0v) is 10.1. The van der Waals surface area contributed by atoms with Crippen molar-refractivity contribution >= 4 is 5.97 Å². The van der Waals surface area contributed by atoms with Gasteiger partial charge in [-0.3, -0.25) is 4.98 Å². The molecule has 5 heteroatoms. The van der Waals surface area contributed by atoms with Crippen molar-refractivity contribution in [1.29, 1.82) is 0 Å². The van der Waals surface area contributed by atoms with Crippen LogP contribution in [0.2, 0.25) is 0 Å². The van der Waals surface area contributed by atoms with Crippen LogP contribution in [0.25, 0.3) is 0 Å². The van der Waals surface area contributed by atoms with E-state index < -0.39 is 5.97 Å². The van der Waals surface area contributed by atoms with E-state index >= 15 is 0 Å². The van der Waals surface area contributed by atoms with Gasteiger partial charge in [-0.05, 0) is 26.0 Å². The van der Waals surface area contributed by atoms with Gasteiger partial charge in [-0.15, -0.1) is 0 Å². The Hall–Kier alpha value is -1.46. The predicted molar refractivity (Wildman–Crippen MR) is 64.0 cm³/mol. The van der Waals surface area contributed by atoms with Crippen LogP contribution in [0.3, 0.4) is 0 Å². The highest BCUT2D eigenvalue weighted by Crippen LogP contribution is 1.99. The third kappa shape index (κ3) is 5.42. The number of hydrogen-bond donors (Lipinski definition) is 2. The number of carboxylic acid groups (broad SMARTS) is 1. The summed E-state index contributed by atoms with van der Waals surface area (Å²) in [6.45, 7) is 6.01. The van der Waals surface area contributed by atoms with E-state index in [0.717, 1.165) is 12.2 Å². The monoisotopic (exact) mass is 238 g/mol. The Morgan fingerprint density at radius 2 is 2.29 bits per heavy atom. The Balaban J connectivity index is 2.25. The summed E-state index contributed by atoms with van der Waals surface area (Å²) in [5.74, 6) is -0.956. The van der Waals surface area contributed by atoms with Gasteiger partial charge in [0.15, 0.2) is 0 Å². The number of ether oxygens (including phenoxy) is 1. The molecule has 0 saturated heterocycles. The second-order valence-corrected chi connectivity index (χ2v) is 3.94. The van der Waals surface area contributed by atoms with Crippen molar-refractivity contribution in [2.45, 2.75) is 26.5 Å². The smallest absolute Gasteiger partial charge is 0.337 e. The van der Waals surface area contributed by atoms with Crippen LogP contribution in [0.15, 0.2) is 18.3 Å². The summed E-state index contributed by atoms with van der Waals surface area (Å²) in [6.07, 6.45) is 1.61. The van der Waals surface area contributed by atoms with Gasteiger partial charge in [0.1, 0.15) is 0 Å². The molecular formula is C12H18N2O3. The molecule has 0 unspecified atom stereocenters. The number of carboxylic acids is 1. The minimum atomic E-state index is -0.956. The summed E-state index contributed by atoms with van der Waals surface area (Å²) in [7, 11) is 0. The van der Waals surface area contributed by atoms with Gasteiger partial charge in [-0.2, -0.15) is 0 Å². The zero-order valence-electron chi connectivity index (χ0n) is 10.1. The summed E-state index contributed by atoms with van der Waals surface area (Å²) < 4.78 is 5.37. The molecule has 5 nitrogen and oxygen atoms in total. The van der Waals surface area contributed by atoms with Crippen molar-refractivity contribution in [2.75, 3.05) is 13.2 Å². The van der Waals surface area contributed by atoms with Gasteiger partial charge in [-0.1, -0.05) is 0 Å². The van der Waals surface area contributed by atoms with Crippen LogP contribution >= 0.6 is 0 Å². The molecular weight excluding hydrogens is 220 g/mol. The van der Waals surface area contributed by atoms with Crippen molar-refractivity contribution in [3.63, 3.8) is 0 Å². The lowest BCUT2D eigenvalue weighted by molar-refractivity contribution is 0.0696. The first-order chi connectivity index (χ1) is 8.09. The van der Waals surface area contributed by atoms with Crippen LogP contribution in [-0.4, -0.2) is 35.3 Å². The van der Waals surface area contributed by atoms with Gasteiger partial charge < -0.3 is 15.2 Å². The van der Waals surface area contributed by atoms with Crippen molar-refractivity contribution in [1.82, 2.24) is 10.3 Å². The number of aromatic carboxylic acids is 1. The van der Waals surface area contributed by atoms with E-state index in [1.165, 1.54) is 6.20 Å². The van der Waals surface area contributed by atoms with E-state index in [-0.39, 0.29) is 11.7 Å². The Morgan fingerprint density at radius 3 is 2.82 bits per heavy atom. The molecule has 0 fully saturated rings. The van der Waals surface area contributed by atoms with Crippen molar-refractivity contribution in [2.24, 2.45) is 0 Å². The molecule has 94 valence electrons. The number of carbonyl (C=O) groups is 1. The first-order valence-corrected chi connectivity index (χ1v) is 5.60. The van der Waals surface area contributed by atoms with Gasteiger partial charge in [0, 0.05) is 19.3 Å². The second-order valence-electron chi connectivity index (χ2n) is 3.94. The van der Waals surface area contributed by atoms with Gasteiger partial charge in [-0.25, -0.2) is 4.79 Å². The largest absolute Gasteiger partial charge is 0.478 e. The second kappa shape index (κ2) is 6.98. The van der Waals surface area contributed by atoms with Gasteiger partial charge >= 0.3 is 5.97 Å². The summed E-state index contributed by atoms with van der Waals surface area (Å²) in [5, 5.41) is 11.9. The molecule has 0 saturated carbocycles. The van der Waals surface area contributed by atoms with E-state index in [4.69, 9.17) is 9.84 Å². The Labute approximate surface area is 101 Å². The summed E-state index contributed by atoms with van der Waals surface area (Å²) in [4.78, 5) is 14.7. The summed E-state index contributed by atoms with van der Waals surface area (Å²) in [6, 6.07) is 3.26. The topological polar surface area (TPSA) is 71.5 Å². The van der Waals surface area contributed by atoms with Crippen LogP contribution in [0.5, 0.6) is 0 Å². The predicted octanol–water partition coefficient (Wildman–Crippen LogP) is 1.29. The number of hydrogen-bond acceptors (Lipinski definition) is 4. The normalized spacial score (nSPS) is 10.8. The van der Waals surface area contributed by atoms with E-state index in [1.54, 1.807) is 12.1 Å². The lowest BCUT2D eigenvalue weighted by Crippen LogP contribution is -2.21. The van der Waals surface area contributed by atoms with Crippen LogP contribution in [0.1, 0.15) is 29.9 Å². The molecule has 2 N–H and O–H groups in total. The van der Waals surface area contributed by atoms with E-state index in [0.29, 0.717) is 13.2 Å². The fourth-order valence-corrected chi connectivity index (χ4v) is 1.24. The number of nitrogens with zero attached hydrogens (tertiary/aromatic N) is 1. The minimum Gasteiger partial charge on any atom is -0.478 e. The van der Waals surface area contributed by atoms with E-state index in [1.807, 2.05) is 13.8 Å². The number of aromatic nitrogens is 1. The van der Waals surface area contributed by atoms with Crippen LogP contribution in [-0.2, 0) is 11.3 Å². The summed E-state index contributed by atoms with van der Waals surface area (Å²) >= 11 is 0. The Bertz CT molecular complexity index is 349. The van der Waals surface area contributed by atoms with Crippen molar-refractivity contribution in [3.8, 4) is 0 Å². The molecule has 17 heavy (non-hydrogen) atoms. The highest BCUT2D eigenvalue weighted by molar-refractivity contribution is 5.87. The summed E-state index contributed by atoms with van der Waals surface area (Å²) in [5.41, 5.74) is 1.02. The highest BCUT2D eigenvalue weighted by Gasteiger charge is 2.02. The molecule has 0 atom stereocenters. The minimum absolute atomic E-state index is 0.205. The lowest BCUT2D eigenvalue weighted by Gasteiger charge is -2.08. The van der Waals surface area contributed by atoms with Gasteiger partial charge in [0.05, 0.1) is 24.0 Å². The Kier molecular flexibility index (Phi) is 5.59. The van der Waals surface area contributed by atoms with Crippen LogP contribution < -0.4 is 5.32 Å². The quantitative estimate of drug-likeness (QED) is 0.700. The molecule has 1 aromatic heterocycles. The van der Waals surface area contributed by atoms with E-state index in [9.17, 15) is 4.79 Å². The molecule has 0 aliphatic heterocycles. The fraction of sp³-hybridized carbons (Fsp3) is 0.500. The molecule has 0 aromatic carbocycles. The SMILES string of the molecule is CC(C)OCCNCc1ccc(C(=O)O)cn1. The molecule has 0 spiro atoms. The maximum absolute atomic E-state index is 10.6. The van der Waals surface area contributed by atoms with Crippen LogP contribution in [0.4, 0.5) is 0 Å². The first-order valence-electron chi connectivity index (χ1n) is 5.60. The fourth-order valence-electron chi connectivity index (χ4n) is 1.24. The Morgan fingerprint density at radius 1 is 1.53 bits per heavy atom. The van der Waals surface area contributed by atoms with Crippen molar-refractivity contribution in [3.05, 3.63) is 29.6 Å². The maximum atomic E-state index is 10.6. The third-order valence-electron chi connectivity index (χ3n) is 2.11. The molecule has 1 rings (SSSR count). The average Bonchev–Trinajstić information content (AvgIpc) is 2.29. The number of pyridine rings is 1. The van der Waals surface area contributed by atoms with Crippen LogP contribution in [0, 0.1) is 0 Å².